The first kappa shape index (κ1) is 12.5. The Morgan fingerprint density at radius 3 is 2.20 bits per heavy atom. The van der Waals surface area contributed by atoms with Crippen molar-refractivity contribution in [1.82, 2.24) is 4.31 Å². The second-order valence-corrected chi connectivity index (χ2v) is 6.83. The highest BCUT2D eigenvalue weighted by molar-refractivity contribution is 7.89. The van der Waals surface area contributed by atoms with E-state index in [1.807, 2.05) is 0 Å². The summed E-state index contributed by atoms with van der Waals surface area (Å²) in [4.78, 5) is 0. The summed E-state index contributed by atoms with van der Waals surface area (Å²) in [5, 5.41) is 7.74. The van der Waals surface area contributed by atoms with Crippen LogP contribution in [0.25, 0.3) is 0 Å². The first-order chi connectivity index (χ1) is 6.87. The third-order valence-electron chi connectivity index (χ3n) is 2.82. The standard InChI is InChI=1S/C10H18N2O2S/c1-8-4-9(2)7-12(6-8)15(13,14)10(3)5-11/h8-10H,4,6-7H2,1-3H3. The van der Waals surface area contributed by atoms with Gasteiger partial charge in [-0.25, -0.2) is 12.7 Å². The van der Waals surface area contributed by atoms with E-state index in [1.165, 1.54) is 11.2 Å². The molecule has 4 nitrogen and oxygen atoms in total. The van der Waals surface area contributed by atoms with Crippen molar-refractivity contribution in [2.45, 2.75) is 32.4 Å². The van der Waals surface area contributed by atoms with E-state index in [1.54, 1.807) is 6.07 Å². The largest absolute Gasteiger partial charge is 0.230 e. The maximum absolute atomic E-state index is 11.9. The Balaban J connectivity index is 2.84. The molecule has 0 aromatic rings. The van der Waals surface area contributed by atoms with E-state index in [0.29, 0.717) is 24.9 Å². The molecule has 86 valence electrons. The summed E-state index contributed by atoms with van der Waals surface area (Å²) in [6, 6.07) is 1.80. The molecule has 0 bridgehead atoms. The van der Waals surface area contributed by atoms with Crippen LogP contribution in [0.3, 0.4) is 0 Å². The van der Waals surface area contributed by atoms with Gasteiger partial charge >= 0.3 is 0 Å². The maximum atomic E-state index is 11.9. The van der Waals surface area contributed by atoms with Gasteiger partial charge in [0.15, 0.2) is 5.25 Å². The van der Waals surface area contributed by atoms with Gasteiger partial charge in [-0.05, 0) is 25.2 Å². The van der Waals surface area contributed by atoms with Crippen LogP contribution in [0.2, 0.25) is 0 Å². The molecular formula is C10H18N2O2S. The normalized spacial score (nSPS) is 30.8. The van der Waals surface area contributed by atoms with Gasteiger partial charge in [0.1, 0.15) is 0 Å². The number of sulfonamides is 1. The molecule has 3 unspecified atom stereocenters. The minimum Gasteiger partial charge on any atom is -0.211 e. The van der Waals surface area contributed by atoms with Crippen molar-refractivity contribution in [3.05, 3.63) is 0 Å². The third kappa shape index (κ3) is 2.70. The minimum atomic E-state index is -3.41. The van der Waals surface area contributed by atoms with Gasteiger partial charge in [0, 0.05) is 13.1 Å². The monoisotopic (exact) mass is 230 g/mol. The molecule has 0 spiro atoms. The van der Waals surface area contributed by atoms with Crippen molar-refractivity contribution in [1.29, 1.82) is 5.26 Å². The molecule has 15 heavy (non-hydrogen) atoms. The van der Waals surface area contributed by atoms with E-state index in [0.717, 1.165) is 6.42 Å². The van der Waals surface area contributed by atoms with Crippen LogP contribution >= 0.6 is 0 Å². The Labute approximate surface area is 91.9 Å². The Morgan fingerprint density at radius 2 is 1.80 bits per heavy atom. The quantitative estimate of drug-likeness (QED) is 0.716. The zero-order chi connectivity index (χ0) is 11.6. The lowest BCUT2D eigenvalue weighted by Gasteiger charge is -2.34. The predicted molar refractivity (Wildman–Crippen MR) is 58.5 cm³/mol. The van der Waals surface area contributed by atoms with E-state index >= 15 is 0 Å². The second-order valence-electron chi connectivity index (χ2n) is 4.58. The fraction of sp³-hybridized carbons (Fsp3) is 0.900. The first-order valence-electron chi connectivity index (χ1n) is 5.26. The predicted octanol–water partition coefficient (Wildman–Crippen LogP) is 1.21. The molecule has 1 rings (SSSR count). The van der Waals surface area contributed by atoms with Crippen LogP contribution in [-0.4, -0.2) is 31.1 Å². The molecule has 5 heteroatoms. The Hall–Kier alpha value is -0.600. The van der Waals surface area contributed by atoms with E-state index in [-0.39, 0.29) is 0 Å². The topological polar surface area (TPSA) is 61.2 Å². The molecule has 0 radical (unpaired) electrons. The molecule has 0 N–H and O–H groups in total. The zero-order valence-electron chi connectivity index (χ0n) is 9.47. The summed E-state index contributed by atoms with van der Waals surface area (Å²) in [5.41, 5.74) is 0. The number of nitriles is 1. The summed E-state index contributed by atoms with van der Waals surface area (Å²) in [5.74, 6) is 0.767. The molecule has 1 aliphatic heterocycles. The van der Waals surface area contributed by atoms with Crippen LogP contribution < -0.4 is 0 Å². The van der Waals surface area contributed by atoms with Gasteiger partial charge in [0.2, 0.25) is 10.0 Å². The summed E-state index contributed by atoms with van der Waals surface area (Å²) in [6.07, 6.45) is 1.06. The average molecular weight is 230 g/mol. The number of hydrogen-bond donors (Lipinski definition) is 0. The van der Waals surface area contributed by atoms with Gasteiger partial charge in [-0.2, -0.15) is 5.26 Å². The summed E-state index contributed by atoms with van der Waals surface area (Å²) >= 11 is 0. The van der Waals surface area contributed by atoms with Crippen LogP contribution in [0, 0.1) is 23.2 Å². The van der Waals surface area contributed by atoms with Gasteiger partial charge < -0.3 is 0 Å². The maximum Gasteiger partial charge on any atom is 0.230 e. The Bertz CT molecular complexity index is 348. The van der Waals surface area contributed by atoms with E-state index in [9.17, 15) is 8.42 Å². The number of hydrogen-bond acceptors (Lipinski definition) is 3. The summed E-state index contributed by atoms with van der Waals surface area (Å²) in [6.45, 7) is 6.65. The second kappa shape index (κ2) is 4.50. The van der Waals surface area contributed by atoms with Crippen LogP contribution in [-0.2, 0) is 10.0 Å². The van der Waals surface area contributed by atoms with E-state index in [2.05, 4.69) is 13.8 Å². The molecule has 1 aliphatic rings. The van der Waals surface area contributed by atoms with Gasteiger partial charge in [-0.3, -0.25) is 0 Å². The number of nitrogens with zero attached hydrogens (tertiary/aromatic N) is 2. The smallest absolute Gasteiger partial charge is 0.211 e. The van der Waals surface area contributed by atoms with Crippen molar-refractivity contribution in [3.8, 4) is 6.07 Å². The van der Waals surface area contributed by atoms with Gasteiger partial charge in [-0.1, -0.05) is 13.8 Å². The molecule has 0 aromatic carbocycles. The van der Waals surface area contributed by atoms with Crippen LogP contribution in [0.1, 0.15) is 27.2 Å². The van der Waals surface area contributed by atoms with Crippen molar-refractivity contribution in [3.63, 3.8) is 0 Å². The van der Waals surface area contributed by atoms with Crippen LogP contribution in [0.4, 0.5) is 0 Å². The van der Waals surface area contributed by atoms with E-state index < -0.39 is 15.3 Å². The number of piperidine rings is 1. The highest BCUT2D eigenvalue weighted by Gasteiger charge is 2.33. The first-order valence-corrected chi connectivity index (χ1v) is 6.76. The molecule has 0 aliphatic carbocycles. The minimum absolute atomic E-state index is 0.384. The molecule has 0 amide bonds. The van der Waals surface area contributed by atoms with Crippen LogP contribution in [0.15, 0.2) is 0 Å². The third-order valence-corrected chi connectivity index (χ3v) is 4.84. The zero-order valence-corrected chi connectivity index (χ0v) is 10.3. The SMILES string of the molecule is CC1CC(C)CN(S(=O)(=O)C(C)C#N)C1. The lowest BCUT2D eigenvalue weighted by Crippen LogP contribution is -2.45. The highest BCUT2D eigenvalue weighted by Crippen LogP contribution is 2.24. The molecule has 0 aromatic heterocycles. The number of rotatable bonds is 2. The van der Waals surface area contributed by atoms with Crippen LogP contribution in [0.5, 0.6) is 0 Å². The molecular weight excluding hydrogens is 212 g/mol. The fourth-order valence-electron chi connectivity index (χ4n) is 2.10. The summed E-state index contributed by atoms with van der Waals surface area (Å²) in [7, 11) is -3.41. The Kier molecular flexibility index (Phi) is 3.74. The van der Waals surface area contributed by atoms with Gasteiger partial charge in [0.05, 0.1) is 6.07 Å². The lowest BCUT2D eigenvalue weighted by atomic mass is 9.94. The van der Waals surface area contributed by atoms with Gasteiger partial charge in [0.25, 0.3) is 0 Å². The lowest BCUT2D eigenvalue weighted by molar-refractivity contribution is 0.222. The summed E-state index contributed by atoms with van der Waals surface area (Å²) < 4.78 is 25.3. The Morgan fingerprint density at radius 1 is 1.33 bits per heavy atom. The average Bonchev–Trinajstić information content (AvgIpc) is 2.15. The molecule has 1 fully saturated rings. The molecule has 1 saturated heterocycles. The molecule has 0 saturated carbocycles. The molecule has 3 atom stereocenters. The van der Waals surface area contributed by atoms with Crippen molar-refractivity contribution >= 4 is 10.0 Å². The highest BCUT2D eigenvalue weighted by atomic mass is 32.2. The van der Waals surface area contributed by atoms with E-state index in [4.69, 9.17) is 5.26 Å². The fourth-order valence-corrected chi connectivity index (χ4v) is 3.61. The van der Waals surface area contributed by atoms with Gasteiger partial charge in [-0.15, -0.1) is 0 Å². The molecule has 1 heterocycles. The van der Waals surface area contributed by atoms with Crippen molar-refractivity contribution in [2.24, 2.45) is 11.8 Å². The van der Waals surface area contributed by atoms with Crippen molar-refractivity contribution < 1.29 is 8.42 Å². The van der Waals surface area contributed by atoms with Crippen molar-refractivity contribution in [2.75, 3.05) is 13.1 Å².